The first-order chi connectivity index (χ1) is 8.28. The molecule has 2 rings (SSSR count). The summed E-state index contributed by atoms with van der Waals surface area (Å²) in [6.45, 7) is 5.80. The van der Waals surface area contributed by atoms with Gasteiger partial charge in [-0.2, -0.15) is 0 Å². The monoisotopic (exact) mass is 273 g/mol. The van der Waals surface area contributed by atoms with Gasteiger partial charge < -0.3 is 4.90 Å². The van der Waals surface area contributed by atoms with E-state index in [1.54, 1.807) is 11.3 Å². The van der Waals surface area contributed by atoms with Gasteiger partial charge in [-0.3, -0.25) is 4.90 Å². The standard InChI is InChI=1S/C12H20ClN3S/c1-15(6-7-16-4-2-3-5-16)9-12-14-11(8-13)10-17-12/h10H,2-9H2,1H3. The minimum absolute atomic E-state index is 0.522. The van der Waals surface area contributed by atoms with Crippen molar-refractivity contribution in [2.45, 2.75) is 25.3 Å². The molecule has 1 aliphatic rings. The van der Waals surface area contributed by atoms with Crippen molar-refractivity contribution in [1.29, 1.82) is 0 Å². The number of nitrogens with zero attached hydrogens (tertiary/aromatic N) is 3. The van der Waals surface area contributed by atoms with Gasteiger partial charge in [0.05, 0.1) is 18.1 Å². The normalized spacial score (nSPS) is 17.1. The Morgan fingerprint density at radius 2 is 2.24 bits per heavy atom. The Kier molecular flexibility index (Phi) is 5.22. The van der Waals surface area contributed by atoms with Crippen LogP contribution in [0, 0.1) is 0 Å². The lowest BCUT2D eigenvalue weighted by Gasteiger charge is -2.20. The molecule has 0 N–H and O–H groups in total. The van der Waals surface area contributed by atoms with Gasteiger partial charge in [-0.25, -0.2) is 4.98 Å². The lowest BCUT2D eigenvalue weighted by molar-refractivity contribution is 0.252. The van der Waals surface area contributed by atoms with E-state index in [0.29, 0.717) is 5.88 Å². The molecule has 0 aliphatic carbocycles. The van der Waals surface area contributed by atoms with Crippen LogP contribution in [-0.2, 0) is 12.4 Å². The van der Waals surface area contributed by atoms with Gasteiger partial charge in [-0.05, 0) is 33.0 Å². The topological polar surface area (TPSA) is 19.4 Å². The van der Waals surface area contributed by atoms with Crippen LogP contribution >= 0.6 is 22.9 Å². The van der Waals surface area contributed by atoms with Crippen LogP contribution in [0.15, 0.2) is 5.38 Å². The number of aromatic nitrogens is 1. The summed E-state index contributed by atoms with van der Waals surface area (Å²) >= 11 is 7.46. The van der Waals surface area contributed by atoms with Crippen molar-refractivity contribution in [3.63, 3.8) is 0 Å². The fourth-order valence-corrected chi connectivity index (χ4v) is 3.21. The van der Waals surface area contributed by atoms with Gasteiger partial charge in [0, 0.05) is 18.5 Å². The first-order valence-corrected chi connectivity index (χ1v) is 7.59. The van der Waals surface area contributed by atoms with Crippen molar-refractivity contribution < 1.29 is 0 Å². The Morgan fingerprint density at radius 3 is 2.88 bits per heavy atom. The smallest absolute Gasteiger partial charge is 0.107 e. The average molecular weight is 274 g/mol. The van der Waals surface area contributed by atoms with Crippen molar-refractivity contribution in [2.75, 3.05) is 33.2 Å². The van der Waals surface area contributed by atoms with Crippen LogP contribution in [0.25, 0.3) is 0 Å². The number of hydrogen-bond acceptors (Lipinski definition) is 4. The molecule has 1 aromatic rings. The molecular formula is C12H20ClN3S. The summed E-state index contributed by atoms with van der Waals surface area (Å²) in [5.74, 6) is 0.522. The number of likely N-dealkylation sites (N-methyl/N-ethyl adjacent to an activating group) is 1. The van der Waals surface area contributed by atoms with Gasteiger partial charge in [-0.1, -0.05) is 0 Å². The Bertz CT molecular complexity index is 336. The highest BCUT2D eigenvalue weighted by Gasteiger charge is 2.12. The molecule has 1 aliphatic heterocycles. The second-order valence-electron chi connectivity index (χ2n) is 4.65. The van der Waals surface area contributed by atoms with Crippen LogP contribution in [0.4, 0.5) is 0 Å². The van der Waals surface area contributed by atoms with E-state index in [4.69, 9.17) is 11.6 Å². The van der Waals surface area contributed by atoms with Crippen molar-refractivity contribution in [1.82, 2.24) is 14.8 Å². The molecule has 0 unspecified atom stereocenters. The molecular weight excluding hydrogens is 254 g/mol. The van der Waals surface area contributed by atoms with E-state index in [-0.39, 0.29) is 0 Å². The minimum Gasteiger partial charge on any atom is -0.302 e. The molecule has 0 spiro atoms. The number of likely N-dealkylation sites (tertiary alicyclic amines) is 1. The van der Waals surface area contributed by atoms with E-state index < -0.39 is 0 Å². The van der Waals surface area contributed by atoms with E-state index >= 15 is 0 Å². The van der Waals surface area contributed by atoms with Gasteiger partial charge in [0.15, 0.2) is 0 Å². The third kappa shape index (κ3) is 4.21. The summed E-state index contributed by atoms with van der Waals surface area (Å²) in [5, 5.41) is 3.22. The predicted octanol–water partition coefficient (Wildman–Crippen LogP) is 2.41. The summed E-state index contributed by atoms with van der Waals surface area (Å²) < 4.78 is 0. The zero-order chi connectivity index (χ0) is 12.1. The van der Waals surface area contributed by atoms with Crippen LogP contribution in [0.5, 0.6) is 0 Å². The zero-order valence-electron chi connectivity index (χ0n) is 10.4. The van der Waals surface area contributed by atoms with Crippen LogP contribution in [0.1, 0.15) is 23.5 Å². The number of thiazole rings is 1. The van der Waals surface area contributed by atoms with E-state index in [2.05, 4.69) is 27.2 Å². The lowest BCUT2D eigenvalue weighted by Crippen LogP contribution is -2.31. The second-order valence-corrected chi connectivity index (χ2v) is 5.86. The van der Waals surface area contributed by atoms with E-state index in [0.717, 1.165) is 18.8 Å². The fraction of sp³-hybridized carbons (Fsp3) is 0.750. The van der Waals surface area contributed by atoms with Crippen LogP contribution in [0.2, 0.25) is 0 Å². The van der Waals surface area contributed by atoms with Gasteiger partial charge in [0.25, 0.3) is 0 Å². The highest BCUT2D eigenvalue weighted by molar-refractivity contribution is 7.09. The Morgan fingerprint density at radius 1 is 1.47 bits per heavy atom. The Labute approximate surface area is 112 Å². The van der Waals surface area contributed by atoms with Crippen LogP contribution in [-0.4, -0.2) is 48.0 Å². The molecule has 1 aromatic heterocycles. The molecule has 2 heterocycles. The highest BCUT2D eigenvalue weighted by Crippen LogP contribution is 2.13. The number of hydrogen-bond donors (Lipinski definition) is 0. The Balaban J connectivity index is 1.70. The largest absolute Gasteiger partial charge is 0.302 e. The maximum Gasteiger partial charge on any atom is 0.107 e. The molecule has 0 atom stereocenters. The summed E-state index contributed by atoms with van der Waals surface area (Å²) in [7, 11) is 2.16. The third-order valence-corrected chi connectivity index (χ3v) is 4.29. The molecule has 0 amide bonds. The number of rotatable bonds is 6. The molecule has 17 heavy (non-hydrogen) atoms. The van der Waals surface area contributed by atoms with Gasteiger partial charge >= 0.3 is 0 Å². The predicted molar refractivity (Wildman–Crippen MR) is 73.7 cm³/mol. The maximum atomic E-state index is 5.75. The van der Waals surface area contributed by atoms with E-state index in [1.165, 1.54) is 37.5 Å². The maximum absolute atomic E-state index is 5.75. The number of alkyl halides is 1. The molecule has 96 valence electrons. The molecule has 0 saturated carbocycles. The van der Waals surface area contributed by atoms with Crippen LogP contribution < -0.4 is 0 Å². The second kappa shape index (κ2) is 6.69. The lowest BCUT2D eigenvalue weighted by atomic mass is 10.4. The van der Waals surface area contributed by atoms with Crippen molar-refractivity contribution in [2.24, 2.45) is 0 Å². The molecule has 0 radical (unpaired) electrons. The van der Waals surface area contributed by atoms with E-state index in [9.17, 15) is 0 Å². The van der Waals surface area contributed by atoms with E-state index in [1.807, 2.05) is 0 Å². The Hall–Kier alpha value is -0.160. The van der Waals surface area contributed by atoms with Gasteiger partial charge in [0.2, 0.25) is 0 Å². The molecule has 3 nitrogen and oxygen atoms in total. The van der Waals surface area contributed by atoms with Gasteiger partial charge in [-0.15, -0.1) is 22.9 Å². The highest BCUT2D eigenvalue weighted by atomic mass is 35.5. The quantitative estimate of drug-likeness (QED) is 0.742. The molecule has 0 bridgehead atoms. The average Bonchev–Trinajstić information content (AvgIpc) is 2.97. The first-order valence-electron chi connectivity index (χ1n) is 6.18. The third-order valence-electron chi connectivity index (χ3n) is 3.14. The molecule has 5 heteroatoms. The van der Waals surface area contributed by atoms with Gasteiger partial charge in [0.1, 0.15) is 5.01 Å². The summed E-state index contributed by atoms with van der Waals surface area (Å²) in [5.41, 5.74) is 1.000. The van der Waals surface area contributed by atoms with Crippen molar-refractivity contribution in [3.05, 3.63) is 16.1 Å². The summed E-state index contributed by atoms with van der Waals surface area (Å²) in [4.78, 5) is 9.37. The van der Waals surface area contributed by atoms with Crippen molar-refractivity contribution in [3.8, 4) is 0 Å². The first kappa shape index (κ1) is 13.3. The SMILES string of the molecule is CN(CCN1CCCC1)Cc1nc(CCl)cs1. The molecule has 1 saturated heterocycles. The number of halogens is 1. The zero-order valence-corrected chi connectivity index (χ0v) is 11.9. The van der Waals surface area contributed by atoms with Crippen molar-refractivity contribution >= 4 is 22.9 Å². The van der Waals surface area contributed by atoms with Crippen LogP contribution in [0.3, 0.4) is 0 Å². The summed E-state index contributed by atoms with van der Waals surface area (Å²) in [6, 6.07) is 0. The summed E-state index contributed by atoms with van der Waals surface area (Å²) in [6.07, 6.45) is 2.74. The fourth-order valence-electron chi connectivity index (χ4n) is 2.11. The minimum atomic E-state index is 0.522. The molecule has 1 fully saturated rings. The molecule has 0 aromatic carbocycles.